The summed E-state index contributed by atoms with van der Waals surface area (Å²) in [5.74, 6) is 0.0189. The van der Waals surface area contributed by atoms with Crippen LogP contribution in [-0.2, 0) is 9.59 Å². The monoisotopic (exact) mass is 280 g/mol. The first-order valence-electron chi connectivity index (χ1n) is 5.79. The minimum Gasteiger partial charge on any atom is -0.338 e. The lowest BCUT2D eigenvalue weighted by molar-refractivity contribution is -0.380. The van der Waals surface area contributed by atoms with E-state index in [9.17, 15) is 19.7 Å². The van der Waals surface area contributed by atoms with Crippen LogP contribution in [-0.4, -0.2) is 34.6 Å². The molecule has 0 aliphatic carbocycles. The van der Waals surface area contributed by atoms with Crippen LogP contribution >= 0.6 is 11.3 Å². The van der Waals surface area contributed by atoms with Gasteiger partial charge in [0.25, 0.3) is 0 Å². The third-order valence-electron chi connectivity index (χ3n) is 2.82. The Hall–Kier alpha value is -2.02. The zero-order valence-electron chi connectivity index (χ0n) is 10.1. The number of carbonyl (C=O) groups excluding carboxylic acids is 2. The molecule has 1 fully saturated rings. The number of nitro groups is 1. The number of amides is 1. The smallest absolute Gasteiger partial charge is 0.324 e. The minimum absolute atomic E-state index is 0.0515. The molecule has 0 N–H and O–H groups in total. The van der Waals surface area contributed by atoms with Gasteiger partial charge in [-0.3, -0.25) is 19.7 Å². The molecule has 1 aliphatic heterocycles. The molecule has 0 spiro atoms. The van der Waals surface area contributed by atoms with E-state index in [1.807, 2.05) is 0 Å². The fourth-order valence-corrected chi connectivity index (χ4v) is 2.49. The topological polar surface area (TPSA) is 80.5 Å². The Balaban J connectivity index is 1.95. The third kappa shape index (κ3) is 3.47. The van der Waals surface area contributed by atoms with Crippen LogP contribution in [0.15, 0.2) is 18.2 Å². The van der Waals surface area contributed by atoms with Gasteiger partial charge in [-0.2, -0.15) is 0 Å². The fraction of sp³-hybridized carbons (Fsp3) is 0.333. The van der Waals surface area contributed by atoms with Gasteiger partial charge in [0, 0.05) is 43.0 Å². The molecule has 100 valence electrons. The van der Waals surface area contributed by atoms with E-state index in [1.54, 1.807) is 17.0 Å². The van der Waals surface area contributed by atoms with Crippen molar-refractivity contribution in [1.82, 2.24) is 4.90 Å². The molecule has 2 heterocycles. The predicted octanol–water partition coefficient (Wildman–Crippen LogP) is 1.86. The van der Waals surface area contributed by atoms with Crippen molar-refractivity contribution in [2.45, 2.75) is 12.8 Å². The van der Waals surface area contributed by atoms with Crippen LogP contribution in [0.4, 0.5) is 5.00 Å². The molecule has 0 radical (unpaired) electrons. The first kappa shape index (κ1) is 13.4. The Morgan fingerprint density at radius 1 is 1.37 bits per heavy atom. The highest BCUT2D eigenvalue weighted by atomic mass is 32.1. The Bertz CT molecular complexity index is 540. The Kier molecular flexibility index (Phi) is 4.06. The van der Waals surface area contributed by atoms with Gasteiger partial charge in [0.1, 0.15) is 5.78 Å². The number of rotatable bonds is 3. The molecule has 6 nitrogen and oxygen atoms in total. The number of carbonyl (C=O) groups is 2. The quantitative estimate of drug-likeness (QED) is 0.481. The van der Waals surface area contributed by atoms with Gasteiger partial charge in [0.05, 0.1) is 4.92 Å². The summed E-state index contributed by atoms with van der Waals surface area (Å²) in [6.07, 6.45) is 3.77. The van der Waals surface area contributed by atoms with Crippen LogP contribution in [0.3, 0.4) is 0 Å². The molecule has 1 aliphatic rings. The second-order valence-electron chi connectivity index (χ2n) is 4.13. The highest BCUT2D eigenvalue weighted by Gasteiger charge is 2.18. The second kappa shape index (κ2) is 5.75. The number of piperidine rings is 1. The molecule has 0 unspecified atom stereocenters. The van der Waals surface area contributed by atoms with Crippen LogP contribution in [0.5, 0.6) is 0 Å². The summed E-state index contributed by atoms with van der Waals surface area (Å²) in [4.78, 5) is 35.2. The maximum absolute atomic E-state index is 11.8. The van der Waals surface area contributed by atoms with Crippen molar-refractivity contribution in [3.8, 4) is 0 Å². The maximum Gasteiger partial charge on any atom is 0.324 e. The standard InChI is InChI=1S/C12H12N2O4S/c15-9-5-7-13(8-6-9)11(16)3-1-10-2-4-12(19-10)14(17)18/h1-4H,5-8H2/b3-1+. The highest BCUT2D eigenvalue weighted by Crippen LogP contribution is 2.24. The summed E-state index contributed by atoms with van der Waals surface area (Å²) in [5, 5.41) is 10.6. The van der Waals surface area contributed by atoms with E-state index in [4.69, 9.17) is 0 Å². The van der Waals surface area contributed by atoms with Gasteiger partial charge >= 0.3 is 5.00 Å². The average Bonchev–Trinajstić information content (AvgIpc) is 2.86. The molecule has 0 atom stereocenters. The summed E-state index contributed by atoms with van der Waals surface area (Å²) in [6, 6.07) is 3.01. The number of Topliss-reactive ketones (excluding diaryl/α,β-unsaturated/α-hetero) is 1. The number of hydrogen-bond acceptors (Lipinski definition) is 5. The van der Waals surface area contributed by atoms with Crippen molar-refractivity contribution in [3.05, 3.63) is 33.2 Å². The van der Waals surface area contributed by atoms with Crippen LogP contribution in [0.25, 0.3) is 6.08 Å². The molecule has 1 amide bonds. The molecular formula is C12H12N2O4S. The summed E-state index contributed by atoms with van der Waals surface area (Å²) in [5.41, 5.74) is 0. The molecule has 0 aromatic carbocycles. The summed E-state index contributed by atoms with van der Waals surface area (Å²) in [7, 11) is 0. The van der Waals surface area contributed by atoms with Crippen molar-refractivity contribution < 1.29 is 14.5 Å². The van der Waals surface area contributed by atoms with E-state index in [0.717, 1.165) is 11.3 Å². The van der Waals surface area contributed by atoms with Crippen molar-refractivity contribution in [3.63, 3.8) is 0 Å². The number of nitrogens with zero attached hydrogens (tertiary/aromatic N) is 2. The van der Waals surface area contributed by atoms with Gasteiger partial charge in [0.15, 0.2) is 0 Å². The van der Waals surface area contributed by atoms with E-state index >= 15 is 0 Å². The van der Waals surface area contributed by atoms with E-state index in [0.29, 0.717) is 30.8 Å². The summed E-state index contributed by atoms with van der Waals surface area (Å²) < 4.78 is 0. The zero-order chi connectivity index (χ0) is 13.8. The number of hydrogen-bond donors (Lipinski definition) is 0. The van der Waals surface area contributed by atoms with Crippen molar-refractivity contribution in [2.75, 3.05) is 13.1 Å². The lowest BCUT2D eigenvalue weighted by Gasteiger charge is -2.24. The van der Waals surface area contributed by atoms with Gasteiger partial charge in [-0.25, -0.2) is 0 Å². The van der Waals surface area contributed by atoms with Crippen molar-refractivity contribution >= 4 is 34.1 Å². The van der Waals surface area contributed by atoms with Crippen LogP contribution < -0.4 is 0 Å². The minimum atomic E-state index is -0.458. The molecule has 7 heteroatoms. The fourth-order valence-electron chi connectivity index (χ4n) is 1.77. The third-order valence-corrected chi connectivity index (χ3v) is 3.82. The Labute approximate surface area is 113 Å². The van der Waals surface area contributed by atoms with Crippen LogP contribution in [0, 0.1) is 10.1 Å². The molecule has 0 saturated carbocycles. The normalized spacial score (nSPS) is 16.0. The van der Waals surface area contributed by atoms with Crippen LogP contribution in [0.2, 0.25) is 0 Å². The first-order chi connectivity index (χ1) is 9.06. The Morgan fingerprint density at radius 3 is 2.63 bits per heavy atom. The van der Waals surface area contributed by atoms with Crippen LogP contribution in [0.1, 0.15) is 17.7 Å². The zero-order valence-corrected chi connectivity index (χ0v) is 10.9. The van der Waals surface area contributed by atoms with Gasteiger partial charge in [-0.1, -0.05) is 11.3 Å². The highest BCUT2D eigenvalue weighted by molar-refractivity contribution is 7.16. The van der Waals surface area contributed by atoms with Gasteiger partial charge in [-0.05, 0) is 12.1 Å². The van der Waals surface area contributed by atoms with Gasteiger partial charge in [0.2, 0.25) is 5.91 Å². The SMILES string of the molecule is O=C1CCN(C(=O)/C=C/c2ccc([N+](=O)[O-])s2)CC1. The van der Waals surface area contributed by atoms with E-state index in [-0.39, 0.29) is 16.7 Å². The summed E-state index contributed by atoms with van der Waals surface area (Å²) in [6.45, 7) is 0.902. The first-order valence-corrected chi connectivity index (χ1v) is 6.61. The van der Waals surface area contributed by atoms with Gasteiger partial charge < -0.3 is 4.90 Å². The van der Waals surface area contributed by atoms with Gasteiger partial charge in [-0.15, -0.1) is 0 Å². The molecule has 2 rings (SSSR count). The number of likely N-dealkylation sites (tertiary alicyclic amines) is 1. The molecule has 19 heavy (non-hydrogen) atoms. The Morgan fingerprint density at radius 2 is 2.05 bits per heavy atom. The second-order valence-corrected chi connectivity index (χ2v) is 5.22. The molecule has 1 saturated heterocycles. The number of ketones is 1. The molecule has 1 aromatic heterocycles. The largest absolute Gasteiger partial charge is 0.338 e. The average molecular weight is 280 g/mol. The summed E-state index contributed by atoms with van der Waals surface area (Å²) >= 11 is 1.02. The molecule has 0 bridgehead atoms. The van der Waals surface area contributed by atoms with Crippen molar-refractivity contribution in [2.24, 2.45) is 0 Å². The van der Waals surface area contributed by atoms with Crippen molar-refractivity contribution in [1.29, 1.82) is 0 Å². The molecular weight excluding hydrogens is 268 g/mol. The van der Waals surface area contributed by atoms with E-state index in [2.05, 4.69) is 0 Å². The lowest BCUT2D eigenvalue weighted by Crippen LogP contribution is -2.37. The van der Waals surface area contributed by atoms with E-state index in [1.165, 1.54) is 12.1 Å². The van der Waals surface area contributed by atoms with E-state index < -0.39 is 4.92 Å². The maximum atomic E-state index is 11.8. The predicted molar refractivity (Wildman–Crippen MR) is 70.8 cm³/mol. The number of thiophene rings is 1. The molecule has 1 aromatic rings. The lowest BCUT2D eigenvalue weighted by atomic mass is 10.1.